The van der Waals surface area contributed by atoms with Crippen LogP contribution in [0.25, 0.3) is 11.3 Å². The van der Waals surface area contributed by atoms with Crippen LogP contribution in [0.1, 0.15) is 50.4 Å². The first-order valence-electron chi connectivity index (χ1n) is 11.1. The Balaban J connectivity index is 1.90. The van der Waals surface area contributed by atoms with Crippen LogP contribution in [0.2, 0.25) is 0 Å². The van der Waals surface area contributed by atoms with E-state index in [9.17, 15) is 4.79 Å². The first-order chi connectivity index (χ1) is 15.5. The molecule has 8 heteroatoms. The summed E-state index contributed by atoms with van der Waals surface area (Å²) in [5.74, 6) is 6.00. The Hall–Kier alpha value is -2.76. The van der Waals surface area contributed by atoms with Gasteiger partial charge in [-0.3, -0.25) is 14.1 Å². The van der Waals surface area contributed by atoms with E-state index < -0.39 is 0 Å². The second-order valence-corrected chi connectivity index (χ2v) is 9.12. The molecule has 0 spiro atoms. The number of aromatic nitrogens is 3. The zero-order valence-electron chi connectivity index (χ0n) is 19.1. The number of nitrogens with zero attached hydrogens (tertiary/aromatic N) is 4. The van der Waals surface area contributed by atoms with Crippen molar-refractivity contribution in [2.24, 2.45) is 22.4 Å². The van der Waals surface area contributed by atoms with Crippen molar-refractivity contribution in [3.8, 4) is 11.3 Å². The lowest BCUT2D eigenvalue weighted by Crippen LogP contribution is -2.26. The maximum absolute atomic E-state index is 13.0. The summed E-state index contributed by atoms with van der Waals surface area (Å²) in [4.78, 5) is 17.7. The van der Waals surface area contributed by atoms with Crippen molar-refractivity contribution < 1.29 is 0 Å². The average molecular weight is 453 g/mol. The second kappa shape index (κ2) is 11.2. The monoisotopic (exact) mass is 452 g/mol. The summed E-state index contributed by atoms with van der Waals surface area (Å²) in [5, 5.41) is 3.84. The fourth-order valence-corrected chi connectivity index (χ4v) is 4.23. The van der Waals surface area contributed by atoms with Crippen molar-refractivity contribution >= 4 is 14.2 Å². The summed E-state index contributed by atoms with van der Waals surface area (Å²) in [6, 6.07) is 11.8. The molecular formula is C24H33N6OP. The molecule has 0 aliphatic carbocycles. The number of imidazole rings is 1. The number of benzene rings is 1. The van der Waals surface area contributed by atoms with Crippen LogP contribution >= 0.6 is 8.73 Å². The van der Waals surface area contributed by atoms with Gasteiger partial charge in [0.25, 0.3) is 0 Å². The summed E-state index contributed by atoms with van der Waals surface area (Å²) in [7, 11) is -0.000259. The smallest absolute Gasteiger partial charge is 0.323 e. The Kier molecular flexibility index (Phi) is 8.37. The molecule has 1 atom stereocenters. The minimum absolute atomic E-state index is 0.000259. The molecule has 170 valence electrons. The van der Waals surface area contributed by atoms with E-state index in [0.29, 0.717) is 17.9 Å². The topological polar surface area (TPSA) is 104 Å². The molecule has 3 rings (SSSR count). The maximum Gasteiger partial charge on any atom is 0.328 e. The lowest BCUT2D eigenvalue weighted by atomic mass is 10.0. The highest BCUT2D eigenvalue weighted by Gasteiger charge is 2.14. The van der Waals surface area contributed by atoms with Crippen molar-refractivity contribution in [3.63, 3.8) is 0 Å². The molecule has 32 heavy (non-hydrogen) atoms. The van der Waals surface area contributed by atoms with Crippen LogP contribution < -0.4 is 17.0 Å². The van der Waals surface area contributed by atoms with Crippen molar-refractivity contribution in [1.82, 2.24) is 14.1 Å². The highest BCUT2D eigenvalue weighted by molar-refractivity contribution is 7.57. The van der Waals surface area contributed by atoms with E-state index in [0.717, 1.165) is 53.9 Å². The summed E-state index contributed by atoms with van der Waals surface area (Å²) < 4.78 is 3.73. The molecule has 0 saturated heterocycles. The van der Waals surface area contributed by atoms with E-state index in [1.54, 1.807) is 0 Å². The summed E-state index contributed by atoms with van der Waals surface area (Å²) in [6.07, 6.45) is 6.79. The quantitative estimate of drug-likeness (QED) is 0.210. The third kappa shape index (κ3) is 5.53. The third-order valence-electron chi connectivity index (χ3n) is 5.39. The van der Waals surface area contributed by atoms with Crippen molar-refractivity contribution in [3.05, 3.63) is 76.1 Å². The summed E-state index contributed by atoms with van der Waals surface area (Å²) >= 11 is 0. The van der Waals surface area contributed by atoms with Crippen LogP contribution in [0.15, 0.2) is 58.7 Å². The second-order valence-electron chi connectivity index (χ2n) is 8.35. The highest BCUT2D eigenvalue weighted by atomic mass is 31.1. The highest BCUT2D eigenvalue weighted by Crippen LogP contribution is 2.26. The normalized spacial score (nSPS) is 12.3. The van der Waals surface area contributed by atoms with Gasteiger partial charge in [0.2, 0.25) is 0 Å². The van der Waals surface area contributed by atoms with Gasteiger partial charge in [-0.15, -0.1) is 0 Å². The molecule has 0 fully saturated rings. The van der Waals surface area contributed by atoms with E-state index in [4.69, 9.17) is 11.3 Å². The van der Waals surface area contributed by atoms with Gasteiger partial charge >= 0.3 is 5.69 Å². The Labute approximate surface area is 191 Å². The van der Waals surface area contributed by atoms with Crippen molar-refractivity contribution in [1.29, 1.82) is 0 Å². The van der Waals surface area contributed by atoms with Gasteiger partial charge in [-0.2, -0.15) is 5.10 Å². The average Bonchev–Trinajstić information content (AvgIpc) is 3.08. The van der Waals surface area contributed by atoms with E-state index >= 15 is 0 Å². The number of hydrogen-bond acceptors (Lipinski definition) is 5. The summed E-state index contributed by atoms with van der Waals surface area (Å²) in [6.45, 7) is 7.75. The first kappa shape index (κ1) is 23.9. The number of hydrazone groups is 1. The zero-order valence-corrected chi connectivity index (χ0v) is 20.1. The largest absolute Gasteiger partial charge is 0.328 e. The van der Waals surface area contributed by atoms with Gasteiger partial charge in [0, 0.05) is 35.8 Å². The molecule has 0 aliphatic rings. The van der Waals surface area contributed by atoms with E-state index in [1.165, 1.54) is 0 Å². The van der Waals surface area contributed by atoms with Gasteiger partial charge < -0.3 is 11.3 Å². The minimum Gasteiger partial charge on any atom is -0.323 e. The molecule has 0 saturated carbocycles. The van der Waals surface area contributed by atoms with Gasteiger partial charge in [0.15, 0.2) is 0 Å². The van der Waals surface area contributed by atoms with Crippen LogP contribution in [0, 0.1) is 5.92 Å². The molecule has 2 heterocycles. The van der Waals surface area contributed by atoms with Gasteiger partial charge in [-0.1, -0.05) is 57.5 Å². The van der Waals surface area contributed by atoms with Crippen LogP contribution in [0.3, 0.4) is 0 Å². The molecule has 1 unspecified atom stereocenters. The lowest BCUT2D eigenvalue weighted by molar-refractivity contribution is 0.581. The fourth-order valence-electron chi connectivity index (χ4n) is 3.78. The fraction of sp³-hybridized carbons (Fsp3) is 0.375. The van der Waals surface area contributed by atoms with Crippen LogP contribution in [0.4, 0.5) is 0 Å². The maximum atomic E-state index is 13.0. The third-order valence-corrected chi connectivity index (χ3v) is 6.06. The Morgan fingerprint density at radius 1 is 1.22 bits per heavy atom. The predicted molar refractivity (Wildman–Crippen MR) is 134 cm³/mol. The number of pyridine rings is 1. The minimum atomic E-state index is -0.000259. The van der Waals surface area contributed by atoms with Gasteiger partial charge in [-0.05, 0) is 39.1 Å². The molecule has 1 aromatic carbocycles. The van der Waals surface area contributed by atoms with Gasteiger partial charge in [0.05, 0.1) is 12.2 Å². The molecule has 4 N–H and O–H groups in total. The molecule has 7 nitrogen and oxygen atoms in total. The van der Waals surface area contributed by atoms with Crippen LogP contribution in [-0.2, 0) is 19.5 Å². The summed E-state index contributed by atoms with van der Waals surface area (Å²) in [5.41, 5.74) is 11.2. The number of unbranched alkanes of at least 4 members (excludes halogenated alkanes) is 1. The molecular weight excluding hydrogens is 419 g/mol. The Bertz CT molecular complexity index is 1110. The SMILES string of the molecule is CCCCn1cc(CC(C)C)n(Cc2ccc(-c3ccccc3/C(=N/N)PN)nc2)c1=O. The number of rotatable bonds is 10. The molecule has 2 aromatic heterocycles. The molecule has 3 aromatic rings. The van der Waals surface area contributed by atoms with Crippen molar-refractivity contribution in [2.75, 3.05) is 0 Å². The number of nitrogens with two attached hydrogens (primary N) is 2. The zero-order chi connectivity index (χ0) is 23.1. The molecule has 0 aliphatic heterocycles. The molecule has 0 bridgehead atoms. The predicted octanol–water partition coefficient (Wildman–Crippen LogP) is 3.93. The number of aryl methyl sites for hydroxylation is 1. The number of hydrogen-bond donors (Lipinski definition) is 2. The van der Waals surface area contributed by atoms with Crippen LogP contribution in [0.5, 0.6) is 0 Å². The van der Waals surface area contributed by atoms with Gasteiger partial charge in [-0.25, -0.2) is 4.79 Å². The van der Waals surface area contributed by atoms with E-state index in [2.05, 4.69) is 30.9 Å². The molecule has 0 amide bonds. The first-order valence-corrected chi connectivity index (χ1v) is 12.1. The molecule has 0 radical (unpaired) electrons. The standard InChI is InChI=1S/C24H33N6OP/c1-4-5-12-29-16-19(13-17(2)3)30(24(29)31)15-18-10-11-22(27-14-18)20-8-6-7-9-21(20)23(28-25)32-26/h6-11,14,16-17,32H,4-5,12-13,15,25-26H2,1-3H3/b28-23-. The van der Waals surface area contributed by atoms with Gasteiger partial charge in [0.1, 0.15) is 5.45 Å². The Morgan fingerprint density at radius 2 is 2.00 bits per heavy atom. The lowest BCUT2D eigenvalue weighted by Gasteiger charge is -2.11. The van der Waals surface area contributed by atoms with E-state index in [-0.39, 0.29) is 14.4 Å². The van der Waals surface area contributed by atoms with E-state index in [1.807, 2.05) is 57.9 Å². The van der Waals surface area contributed by atoms with Crippen LogP contribution in [-0.4, -0.2) is 19.6 Å². The van der Waals surface area contributed by atoms with Crippen molar-refractivity contribution in [2.45, 2.75) is 53.1 Å². The Morgan fingerprint density at radius 3 is 2.62 bits per heavy atom.